The van der Waals surface area contributed by atoms with Crippen LogP contribution in [0, 0.1) is 20.2 Å². The highest BCUT2D eigenvalue weighted by molar-refractivity contribution is 5.96. The zero-order valence-electron chi connectivity index (χ0n) is 16.2. The SMILES string of the molecule is O=C(N/N=C/c1cc([N+](=O)[O-])ccc1OC(=O)c1ccccc1)c1ccc([N+](=O)[O-])cc1. The molecule has 1 amide bonds. The highest BCUT2D eigenvalue weighted by Crippen LogP contribution is 2.24. The van der Waals surface area contributed by atoms with Crippen molar-refractivity contribution in [1.82, 2.24) is 5.43 Å². The molecule has 0 saturated carbocycles. The summed E-state index contributed by atoms with van der Waals surface area (Å²) in [6.45, 7) is 0. The van der Waals surface area contributed by atoms with Crippen LogP contribution in [0.25, 0.3) is 0 Å². The van der Waals surface area contributed by atoms with Crippen molar-refractivity contribution in [3.05, 3.63) is 110 Å². The highest BCUT2D eigenvalue weighted by atomic mass is 16.6. The van der Waals surface area contributed by atoms with Gasteiger partial charge in [-0.05, 0) is 30.3 Å². The van der Waals surface area contributed by atoms with Crippen LogP contribution in [0.1, 0.15) is 26.3 Å². The van der Waals surface area contributed by atoms with Gasteiger partial charge in [-0.25, -0.2) is 10.2 Å². The first-order valence-electron chi connectivity index (χ1n) is 8.98. The van der Waals surface area contributed by atoms with Crippen molar-refractivity contribution in [1.29, 1.82) is 0 Å². The fraction of sp³-hybridized carbons (Fsp3) is 0. The molecule has 11 nitrogen and oxygen atoms in total. The minimum absolute atomic E-state index is 0.00205. The summed E-state index contributed by atoms with van der Waals surface area (Å²) >= 11 is 0. The fourth-order valence-corrected chi connectivity index (χ4v) is 2.54. The van der Waals surface area contributed by atoms with Gasteiger partial charge in [0.05, 0.1) is 21.6 Å². The Morgan fingerprint density at radius 3 is 2.09 bits per heavy atom. The smallest absolute Gasteiger partial charge is 0.343 e. The summed E-state index contributed by atoms with van der Waals surface area (Å²) < 4.78 is 5.31. The molecule has 160 valence electrons. The Kier molecular flexibility index (Phi) is 6.61. The van der Waals surface area contributed by atoms with Gasteiger partial charge in [-0.1, -0.05) is 18.2 Å². The number of nitrogens with zero attached hydrogens (tertiary/aromatic N) is 3. The lowest BCUT2D eigenvalue weighted by Gasteiger charge is -2.07. The Hall–Kier alpha value is -4.93. The molecule has 3 rings (SSSR count). The number of nitro benzene ring substituents is 2. The molecule has 32 heavy (non-hydrogen) atoms. The van der Waals surface area contributed by atoms with Crippen LogP contribution in [0.15, 0.2) is 77.9 Å². The predicted octanol–water partition coefficient (Wildman–Crippen LogP) is 3.49. The summed E-state index contributed by atoms with van der Waals surface area (Å²) in [5, 5.41) is 25.5. The molecule has 0 heterocycles. The average Bonchev–Trinajstić information content (AvgIpc) is 2.80. The Balaban J connectivity index is 1.78. The summed E-state index contributed by atoms with van der Waals surface area (Å²) in [5.41, 5.74) is 2.23. The molecule has 0 bridgehead atoms. The van der Waals surface area contributed by atoms with Gasteiger partial charge in [-0.15, -0.1) is 0 Å². The van der Waals surface area contributed by atoms with E-state index >= 15 is 0 Å². The van der Waals surface area contributed by atoms with Gasteiger partial charge in [0.15, 0.2) is 0 Å². The zero-order valence-corrected chi connectivity index (χ0v) is 16.2. The maximum atomic E-state index is 12.3. The van der Waals surface area contributed by atoms with Gasteiger partial charge in [-0.3, -0.25) is 25.0 Å². The molecule has 1 N–H and O–H groups in total. The summed E-state index contributed by atoms with van der Waals surface area (Å²) in [5.74, 6) is -1.34. The molecule has 0 atom stereocenters. The molecule has 0 unspecified atom stereocenters. The normalized spacial score (nSPS) is 10.5. The number of nitro groups is 2. The van der Waals surface area contributed by atoms with Crippen LogP contribution in [0.3, 0.4) is 0 Å². The van der Waals surface area contributed by atoms with Crippen molar-refractivity contribution in [2.45, 2.75) is 0 Å². The van der Waals surface area contributed by atoms with E-state index in [1.54, 1.807) is 30.3 Å². The van der Waals surface area contributed by atoms with Crippen LogP contribution in [0.2, 0.25) is 0 Å². The predicted molar refractivity (Wildman–Crippen MR) is 113 cm³/mol. The van der Waals surface area contributed by atoms with Gasteiger partial charge in [0.2, 0.25) is 0 Å². The average molecular weight is 434 g/mol. The van der Waals surface area contributed by atoms with E-state index in [-0.39, 0.29) is 33.8 Å². The van der Waals surface area contributed by atoms with Gasteiger partial charge >= 0.3 is 5.97 Å². The van der Waals surface area contributed by atoms with E-state index in [9.17, 15) is 29.8 Å². The molecule has 3 aromatic rings. The standard InChI is InChI=1S/C21H14N4O7/c26-20(14-6-8-17(9-7-14)24(28)29)23-22-13-16-12-18(25(30)31)10-11-19(16)32-21(27)15-4-2-1-3-5-15/h1-13H,(H,23,26)/b22-13+. The molecule has 0 radical (unpaired) electrons. The van der Waals surface area contributed by atoms with Crippen LogP contribution in [-0.4, -0.2) is 27.9 Å². The maximum Gasteiger partial charge on any atom is 0.343 e. The van der Waals surface area contributed by atoms with E-state index in [0.717, 1.165) is 12.3 Å². The molecule has 0 aromatic heterocycles. The lowest BCUT2D eigenvalue weighted by molar-refractivity contribution is -0.385. The lowest BCUT2D eigenvalue weighted by atomic mass is 10.2. The minimum Gasteiger partial charge on any atom is -0.422 e. The third-order valence-corrected chi connectivity index (χ3v) is 4.13. The Bertz CT molecular complexity index is 1210. The number of esters is 1. The largest absolute Gasteiger partial charge is 0.422 e. The molecule has 0 fully saturated rings. The first-order chi connectivity index (χ1) is 15.3. The van der Waals surface area contributed by atoms with Crippen molar-refractivity contribution < 1.29 is 24.2 Å². The topological polar surface area (TPSA) is 154 Å². The van der Waals surface area contributed by atoms with Crippen molar-refractivity contribution in [3.8, 4) is 5.75 Å². The van der Waals surface area contributed by atoms with Crippen molar-refractivity contribution >= 4 is 29.5 Å². The third kappa shape index (κ3) is 5.36. The van der Waals surface area contributed by atoms with E-state index < -0.39 is 21.7 Å². The molecule has 0 aliphatic heterocycles. The van der Waals surface area contributed by atoms with Crippen molar-refractivity contribution in [2.75, 3.05) is 0 Å². The molecule has 0 spiro atoms. The zero-order chi connectivity index (χ0) is 23.1. The summed E-state index contributed by atoms with van der Waals surface area (Å²) in [6.07, 6.45) is 1.09. The van der Waals surface area contributed by atoms with E-state index in [1.165, 1.54) is 36.4 Å². The summed E-state index contributed by atoms with van der Waals surface area (Å²) in [6, 6.07) is 16.5. The fourth-order valence-electron chi connectivity index (χ4n) is 2.54. The number of hydrazone groups is 1. The number of carbonyl (C=O) groups excluding carboxylic acids is 2. The van der Waals surface area contributed by atoms with Crippen LogP contribution in [-0.2, 0) is 0 Å². The third-order valence-electron chi connectivity index (χ3n) is 4.13. The number of nitrogens with one attached hydrogen (secondary N) is 1. The van der Waals surface area contributed by atoms with Crippen molar-refractivity contribution in [3.63, 3.8) is 0 Å². The molecule has 11 heteroatoms. The van der Waals surface area contributed by atoms with Gasteiger partial charge in [0.25, 0.3) is 17.3 Å². The van der Waals surface area contributed by atoms with E-state index in [0.29, 0.717) is 0 Å². The minimum atomic E-state index is -0.677. The molecular formula is C21H14N4O7. The quantitative estimate of drug-likeness (QED) is 0.196. The number of carbonyl (C=O) groups is 2. The van der Waals surface area contributed by atoms with E-state index in [2.05, 4.69) is 10.5 Å². The van der Waals surface area contributed by atoms with Crippen molar-refractivity contribution in [2.24, 2.45) is 5.10 Å². The molecule has 3 aromatic carbocycles. The lowest BCUT2D eigenvalue weighted by Crippen LogP contribution is -2.17. The number of ether oxygens (including phenoxy) is 1. The Labute approximate surface area is 180 Å². The number of hydrogen-bond donors (Lipinski definition) is 1. The monoisotopic (exact) mass is 434 g/mol. The van der Waals surface area contributed by atoms with Gasteiger partial charge in [0.1, 0.15) is 5.75 Å². The van der Waals surface area contributed by atoms with Crippen LogP contribution in [0.5, 0.6) is 5.75 Å². The van der Waals surface area contributed by atoms with E-state index in [1.807, 2.05) is 0 Å². The second kappa shape index (κ2) is 9.71. The Morgan fingerprint density at radius 2 is 1.47 bits per heavy atom. The molecular weight excluding hydrogens is 420 g/mol. The molecule has 0 aliphatic rings. The maximum absolute atomic E-state index is 12.3. The summed E-state index contributed by atoms with van der Waals surface area (Å²) in [4.78, 5) is 45.0. The number of amides is 1. The summed E-state index contributed by atoms with van der Waals surface area (Å²) in [7, 11) is 0. The number of hydrogen-bond acceptors (Lipinski definition) is 8. The van der Waals surface area contributed by atoms with Gasteiger partial charge < -0.3 is 4.74 Å². The molecule has 0 saturated heterocycles. The number of non-ortho nitro benzene ring substituents is 2. The van der Waals surface area contributed by atoms with Crippen LogP contribution >= 0.6 is 0 Å². The second-order valence-electron chi connectivity index (χ2n) is 6.24. The van der Waals surface area contributed by atoms with Gasteiger partial charge in [-0.2, -0.15) is 5.10 Å². The Morgan fingerprint density at radius 1 is 0.844 bits per heavy atom. The van der Waals surface area contributed by atoms with Gasteiger partial charge in [0, 0.05) is 35.4 Å². The van der Waals surface area contributed by atoms with Crippen LogP contribution < -0.4 is 10.2 Å². The number of benzene rings is 3. The first kappa shape index (κ1) is 21.8. The van der Waals surface area contributed by atoms with Crippen LogP contribution in [0.4, 0.5) is 11.4 Å². The number of rotatable bonds is 7. The second-order valence-corrected chi connectivity index (χ2v) is 6.24. The highest BCUT2D eigenvalue weighted by Gasteiger charge is 2.15. The molecule has 0 aliphatic carbocycles. The first-order valence-corrected chi connectivity index (χ1v) is 8.98. The van der Waals surface area contributed by atoms with E-state index in [4.69, 9.17) is 4.74 Å².